The van der Waals surface area contributed by atoms with Gasteiger partial charge in [-0.15, -0.1) is 0 Å². The molecule has 0 aliphatic heterocycles. The molecule has 0 amide bonds. The smallest absolute Gasteiger partial charge is 0.303 e. The van der Waals surface area contributed by atoms with E-state index in [-0.39, 0.29) is 6.42 Å². The Kier molecular flexibility index (Phi) is 6.46. The van der Waals surface area contributed by atoms with Crippen LogP contribution in [0.4, 0.5) is 0 Å². The van der Waals surface area contributed by atoms with Gasteiger partial charge >= 0.3 is 5.97 Å². The van der Waals surface area contributed by atoms with E-state index in [1.54, 1.807) is 0 Å². The number of hydrogen-bond acceptors (Lipinski definition) is 2. The van der Waals surface area contributed by atoms with Crippen molar-refractivity contribution in [1.82, 2.24) is 0 Å². The van der Waals surface area contributed by atoms with Crippen molar-refractivity contribution in [2.75, 3.05) is 0 Å². The molecule has 0 saturated carbocycles. The summed E-state index contributed by atoms with van der Waals surface area (Å²) in [6, 6.07) is 0. The quantitative estimate of drug-likeness (QED) is 0.698. The van der Waals surface area contributed by atoms with Gasteiger partial charge in [-0.05, 0) is 37.7 Å². The molecule has 3 heteroatoms. The molecule has 0 radical (unpaired) electrons. The van der Waals surface area contributed by atoms with Gasteiger partial charge in [-0.1, -0.05) is 49.5 Å². The van der Waals surface area contributed by atoms with Crippen molar-refractivity contribution in [3.8, 4) is 0 Å². The third-order valence-corrected chi connectivity index (χ3v) is 3.27. The highest BCUT2D eigenvalue weighted by molar-refractivity contribution is 5.66. The van der Waals surface area contributed by atoms with Gasteiger partial charge in [0.25, 0.3) is 0 Å². The molecule has 3 N–H and O–H groups in total. The van der Waals surface area contributed by atoms with Crippen molar-refractivity contribution in [1.29, 1.82) is 0 Å². The van der Waals surface area contributed by atoms with Crippen LogP contribution >= 0.6 is 0 Å². The lowest BCUT2D eigenvalue weighted by Gasteiger charge is -2.18. The first-order valence-electron chi connectivity index (χ1n) is 7.12. The van der Waals surface area contributed by atoms with E-state index in [1.165, 1.54) is 5.57 Å². The van der Waals surface area contributed by atoms with E-state index >= 15 is 0 Å². The minimum Gasteiger partial charge on any atom is -0.481 e. The normalized spacial score (nSPS) is 21.2. The van der Waals surface area contributed by atoms with Gasteiger partial charge in [-0.2, -0.15) is 0 Å². The third kappa shape index (κ3) is 7.10. The summed E-state index contributed by atoms with van der Waals surface area (Å²) in [6.45, 7) is 4.04. The second-order valence-electron chi connectivity index (χ2n) is 5.75. The summed E-state index contributed by atoms with van der Waals surface area (Å²) in [6.07, 6.45) is 17.1. The van der Waals surface area contributed by atoms with Gasteiger partial charge in [0, 0.05) is 6.42 Å². The summed E-state index contributed by atoms with van der Waals surface area (Å²) in [4.78, 5) is 10.5. The summed E-state index contributed by atoms with van der Waals surface area (Å²) in [5.74, 6) is -0.366. The van der Waals surface area contributed by atoms with Crippen LogP contribution in [0.1, 0.15) is 39.5 Å². The molecule has 2 atom stereocenters. The molecule has 0 bridgehead atoms. The second kappa shape index (κ2) is 7.85. The first-order chi connectivity index (χ1) is 9.39. The molecule has 20 heavy (non-hydrogen) atoms. The van der Waals surface area contributed by atoms with E-state index in [0.29, 0.717) is 12.3 Å². The van der Waals surface area contributed by atoms with Crippen LogP contribution < -0.4 is 5.73 Å². The van der Waals surface area contributed by atoms with Crippen molar-refractivity contribution in [2.24, 2.45) is 11.7 Å². The van der Waals surface area contributed by atoms with Crippen LogP contribution in [-0.2, 0) is 4.79 Å². The van der Waals surface area contributed by atoms with E-state index in [1.807, 2.05) is 25.2 Å². The molecular formula is C17H25NO2. The number of hydrogen-bond donors (Lipinski definition) is 2. The molecule has 0 saturated heterocycles. The molecule has 1 rings (SSSR count). The fourth-order valence-electron chi connectivity index (χ4n) is 2.13. The molecular weight excluding hydrogens is 250 g/mol. The van der Waals surface area contributed by atoms with Gasteiger partial charge < -0.3 is 10.8 Å². The van der Waals surface area contributed by atoms with Crippen LogP contribution in [0.2, 0.25) is 0 Å². The fourth-order valence-corrected chi connectivity index (χ4v) is 2.13. The van der Waals surface area contributed by atoms with Gasteiger partial charge in [-0.25, -0.2) is 0 Å². The summed E-state index contributed by atoms with van der Waals surface area (Å²) in [5, 5.41) is 8.64. The van der Waals surface area contributed by atoms with Crippen LogP contribution in [0, 0.1) is 5.92 Å². The maximum absolute atomic E-state index is 10.5. The van der Waals surface area contributed by atoms with Gasteiger partial charge in [0.2, 0.25) is 0 Å². The molecule has 2 unspecified atom stereocenters. The number of carboxylic acids is 1. The molecule has 1 aliphatic carbocycles. The van der Waals surface area contributed by atoms with Crippen molar-refractivity contribution in [3.63, 3.8) is 0 Å². The van der Waals surface area contributed by atoms with Gasteiger partial charge in [-0.3, -0.25) is 4.79 Å². The second-order valence-corrected chi connectivity index (χ2v) is 5.75. The lowest BCUT2D eigenvalue weighted by Crippen LogP contribution is -2.31. The molecule has 110 valence electrons. The number of carbonyl (C=O) groups is 1. The first kappa shape index (κ1) is 16.4. The average molecular weight is 275 g/mol. The first-order valence-corrected chi connectivity index (χ1v) is 7.12. The molecule has 0 fully saturated rings. The average Bonchev–Trinajstić information content (AvgIpc) is 2.36. The zero-order valence-corrected chi connectivity index (χ0v) is 12.4. The number of nitrogens with two attached hydrogens (primary N) is 1. The molecule has 0 heterocycles. The third-order valence-electron chi connectivity index (χ3n) is 3.27. The van der Waals surface area contributed by atoms with E-state index in [4.69, 9.17) is 10.8 Å². The Labute approximate surface area is 121 Å². The minimum absolute atomic E-state index is 0.232. The van der Waals surface area contributed by atoms with Gasteiger partial charge in [0.05, 0.1) is 5.54 Å². The van der Waals surface area contributed by atoms with Crippen LogP contribution in [0.15, 0.2) is 48.1 Å². The zero-order chi connectivity index (χ0) is 15.0. The highest BCUT2D eigenvalue weighted by Crippen LogP contribution is 2.17. The highest BCUT2D eigenvalue weighted by Gasteiger charge is 2.12. The van der Waals surface area contributed by atoms with Crippen LogP contribution in [-0.4, -0.2) is 16.6 Å². The molecule has 3 nitrogen and oxygen atoms in total. The Morgan fingerprint density at radius 3 is 2.90 bits per heavy atom. The maximum atomic E-state index is 10.5. The maximum Gasteiger partial charge on any atom is 0.303 e. The summed E-state index contributed by atoms with van der Waals surface area (Å²) >= 11 is 0. The Morgan fingerprint density at radius 1 is 1.55 bits per heavy atom. The SMILES string of the molecule is CC(C/C=C\C(C)(N)/C=C1/C=CC=CC1)CCC(=O)O. The molecule has 0 spiro atoms. The topological polar surface area (TPSA) is 63.3 Å². The van der Waals surface area contributed by atoms with Crippen LogP contribution in [0.25, 0.3) is 0 Å². The Hall–Kier alpha value is -1.61. The van der Waals surface area contributed by atoms with Crippen molar-refractivity contribution in [3.05, 3.63) is 48.1 Å². The minimum atomic E-state index is -0.730. The van der Waals surface area contributed by atoms with Gasteiger partial charge in [0.1, 0.15) is 0 Å². The standard InChI is InChI=1S/C17H25NO2/c1-14(10-11-16(19)20)7-6-12-17(2,18)13-15-8-4-3-5-9-15/h3-6,8,12-14H,7,9-11,18H2,1-2H3,(H,19,20)/b12-6-,15-13-. The van der Waals surface area contributed by atoms with E-state index < -0.39 is 11.5 Å². The van der Waals surface area contributed by atoms with E-state index in [9.17, 15) is 4.79 Å². The lowest BCUT2D eigenvalue weighted by molar-refractivity contribution is -0.137. The number of carboxylic acid groups (broad SMARTS) is 1. The van der Waals surface area contributed by atoms with E-state index in [2.05, 4.69) is 31.2 Å². The number of rotatable bonds is 7. The molecule has 0 aromatic heterocycles. The fraction of sp³-hybridized carbons (Fsp3) is 0.471. The predicted molar refractivity (Wildman–Crippen MR) is 83.4 cm³/mol. The summed E-state index contributed by atoms with van der Waals surface area (Å²) in [5.41, 5.74) is 7.00. The van der Waals surface area contributed by atoms with Gasteiger partial charge in [0.15, 0.2) is 0 Å². The number of allylic oxidation sites excluding steroid dienone is 6. The highest BCUT2D eigenvalue weighted by atomic mass is 16.4. The Morgan fingerprint density at radius 2 is 2.30 bits per heavy atom. The molecule has 1 aliphatic rings. The summed E-state index contributed by atoms with van der Waals surface area (Å²) < 4.78 is 0. The Bertz CT molecular complexity index is 442. The molecule has 0 aromatic carbocycles. The Balaban J connectivity index is 2.45. The summed E-state index contributed by atoms with van der Waals surface area (Å²) in [7, 11) is 0. The van der Waals surface area contributed by atoms with E-state index in [0.717, 1.165) is 12.8 Å². The van der Waals surface area contributed by atoms with Crippen LogP contribution in [0.5, 0.6) is 0 Å². The van der Waals surface area contributed by atoms with Crippen LogP contribution in [0.3, 0.4) is 0 Å². The zero-order valence-electron chi connectivity index (χ0n) is 12.4. The molecule has 0 aromatic rings. The lowest BCUT2D eigenvalue weighted by atomic mass is 9.94. The monoisotopic (exact) mass is 275 g/mol. The number of aliphatic carboxylic acids is 1. The van der Waals surface area contributed by atoms with Crippen molar-refractivity contribution >= 4 is 5.97 Å². The van der Waals surface area contributed by atoms with Crippen molar-refractivity contribution in [2.45, 2.75) is 45.1 Å². The largest absolute Gasteiger partial charge is 0.481 e. The van der Waals surface area contributed by atoms with Crippen molar-refractivity contribution < 1.29 is 9.90 Å². The predicted octanol–water partition coefficient (Wildman–Crippen LogP) is 3.59.